The molecule has 1 saturated heterocycles. The van der Waals surface area contributed by atoms with Crippen LogP contribution in [0.1, 0.15) is 64.3 Å². The molecule has 3 aromatic rings. The fourth-order valence-corrected chi connectivity index (χ4v) is 5.66. The summed E-state index contributed by atoms with van der Waals surface area (Å²) in [6.45, 7) is 12.6. The molecule has 8 heteroatoms. The van der Waals surface area contributed by atoms with Crippen LogP contribution in [-0.4, -0.2) is 45.9 Å². The Morgan fingerprint density at radius 3 is 2.30 bits per heavy atom. The first kappa shape index (κ1) is 27.5. The SMILES string of the molecule is CC(C)NC(C(=O)N1CC(C)(C)c2ccc(N3C(=O)N(Cc4ccncc4)C(C)(C)C3=O)cc21)c1ccccc1. The fraction of sp³-hybridized carbons (Fsp3) is 0.375. The average Bonchev–Trinajstić information content (AvgIpc) is 3.29. The van der Waals surface area contributed by atoms with Gasteiger partial charge in [0.05, 0.1) is 5.69 Å². The maximum Gasteiger partial charge on any atom is 0.332 e. The maximum atomic E-state index is 14.2. The second-order valence-corrected chi connectivity index (χ2v) is 12.1. The highest BCUT2D eigenvalue weighted by molar-refractivity contribution is 6.23. The summed E-state index contributed by atoms with van der Waals surface area (Å²) >= 11 is 0. The lowest BCUT2D eigenvalue weighted by Crippen LogP contribution is -2.44. The zero-order valence-electron chi connectivity index (χ0n) is 24.0. The molecule has 1 aromatic heterocycles. The third kappa shape index (κ3) is 4.77. The first-order chi connectivity index (χ1) is 18.9. The molecular formula is C32H37N5O3. The number of anilines is 2. The molecule has 8 nitrogen and oxygen atoms in total. The molecule has 40 heavy (non-hydrogen) atoms. The Morgan fingerprint density at radius 1 is 0.975 bits per heavy atom. The smallest absolute Gasteiger partial charge is 0.310 e. The lowest BCUT2D eigenvalue weighted by Gasteiger charge is -2.28. The van der Waals surface area contributed by atoms with Crippen molar-refractivity contribution in [1.82, 2.24) is 15.2 Å². The van der Waals surface area contributed by atoms with E-state index in [9.17, 15) is 14.4 Å². The van der Waals surface area contributed by atoms with Crippen LogP contribution in [0.4, 0.5) is 16.2 Å². The quantitative estimate of drug-likeness (QED) is 0.418. The minimum Gasteiger partial charge on any atom is -0.310 e. The van der Waals surface area contributed by atoms with Crippen molar-refractivity contribution in [3.63, 3.8) is 0 Å². The van der Waals surface area contributed by atoms with Gasteiger partial charge in [-0.2, -0.15) is 0 Å². The lowest BCUT2D eigenvalue weighted by atomic mass is 9.87. The van der Waals surface area contributed by atoms with E-state index in [1.54, 1.807) is 36.0 Å². The van der Waals surface area contributed by atoms with Crippen LogP contribution in [-0.2, 0) is 21.5 Å². The van der Waals surface area contributed by atoms with Crippen LogP contribution in [0.25, 0.3) is 0 Å². The molecule has 1 atom stereocenters. The van der Waals surface area contributed by atoms with Gasteiger partial charge in [-0.1, -0.05) is 50.2 Å². The van der Waals surface area contributed by atoms with Crippen LogP contribution in [0.15, 0.2) is 73.1 Å². The monoisotopic (exact) mass is 539 g/mol. The number of nitrogens with zero attached hydrogens (tertiary/aromatic N) is 4. The van der Waals surface area contributed by atoms with Gasteiger partial charge in [0.2, 0.25) is 5.91 Å². The topological polar surface area (TPSA) is 85.8 Å². The molecule has 3 heterocycles. The summed E-state index contributed by atoms with van der Waals surface area (Å²) < 4.78 is 0. The molecule has 2 aliphatic rings. The Kier molecular flexibility index (Phi) is 7.00. The lowest BCUT2D eigenvalue weighted by molar-refractivity contribution is -0.123. The number of hydrogen-bond acceptors (Lipinski definition) is 5. The van der Waals surface area contributed by atoms with Crippen LogP contribution < -0.4 is 15.1 Å². The minimum absolute atomic E-state index is 0.0670. The summed E-state index contributed by atoms with van der Waals surface area (Å²) in [4.78, 5) is 50.2. The molecule has 0 aliphatic carbocycles. The number of urea groups is 1. The largest absolute Gasteiger partial charge is 0.332 e. The normalized spacial score (nSPS) is 18.4. The van der Waals surface area contributed by atoms with E-state index in [0.29, 0.717) is 18.8 Å². The number of aromatic nitrogens is 1. The Labute approximate surface area is 236 Å². The number of fused-ring (bicyclic) bond motifs is 1. The van der Waals surface area contributed by atoms with Gasteiger partial charge in [-0.05, 0) is 68.7 Å². The van der Waals surface area contributed by atoms with E-state index in [2.05, 4.69) is 24.1 Å². The molecule has 0 saturated carbocycles. The Balaban J connectivity index is 1.51. The van der Waals surface area contributed by atoms with Gasteiger partial charge in [0.1, 0.15) is 11.6 Å². The molecule has 4 amide bonds. The summed E-state index contributed by atoms with van der Waals surface area (Å²) in [5, 5.41) is 3.43. The second kappa shape index (κ2) is 10.2. The van der Waals surface area contributed by atoms with E-state index in [0.717, 1.165) is 22.4 Å². The number of carbonyl (C=O) groups excluding carboxylic acids is 3. The van der Waals surface area contributed by atoms with Crippen LogP contribution in [0, 0.1) is 0 Å². The van der Waals surface area contributed by atoms with Crippen LogP contribution >= 0.6 is 0 Å². The van der Waals surface area contributed by atoms with Gasteiger partial charge >= 0.3 is 6.03 Å². The van der Waals surface area contributed by atoms with Crippen molar-refractivity contribution in [2.24, 2.45) is 0 Å². The number of imide groups is 1. The van der Waals surface area contributed by atoms with Crippen molar-refractivity contribution < 1.29 is 14.4 Å². The third-order valence-corrected chi connectivity index (χ3v) is 7.87. The van der Waals surface area contributed by atoms with Gasteiger partial charge in [0.15, 0.2) is 0 Å². The van der Waals surface area contributed by atoms with Crippen molar-refractivity contribution in [2.75, 3.05) is 16.3 Å². The molecule has 2 aliphatic heterocycles. The van der Waals surface area contributed by atoms with Crippen molar-refractivity contribution >= 4 is 29.2 Å². The summed E-state index contributed by atoms with van der Waals surface area (Å²) in [5.74, 6) is -0.368. The molecule has 0 bridgehead atoms. The molecule has 1 N–H and O–H groups in total. The molecule has 1 unspecified atom stereocenters. The molecular weight excluding hydrogens is 502 g/mol. The Hall–Kier alpha value is -4.04. The fourth-order valence-electron chi connectivity index (χ4n) is 5.66. The number of nitrogens with one attached hydrogen (secondary N) is 1. The van der Waals surface area contributed by atoms with E-state index >= 15 is 0 Å². The first-order valence-corrected chi connectivity index (χ1v) is 13.7. The highest BCUT2D eigenvalue weighted by atomic mass is 16.2. The number of pyridine rings is 1. The summed E-state index contributed by atoms with van der Waals surface area (Å²) in [7, 11) is 0. The van der Waals surface area contributed by atoms with Crippen LogP contribution in [0.2, 0.25) is 0 Å². The van der Waals surface area contributed by atoms with E-state index in [1.807, 2.05) is 74.5 Å². The molecule has 0 spiro atoms. The molecule has 208 valence electrons. The highest BCUT2D eigenvalue weighted by Gasteiger charge is 2.52. The van der Waals surface area contributed by atoms with E-state index in [4.69, 9.17) is 0 Å². The van der Waals surface area contributed by atoms with Crippen LogP contribution in [0.3, 0.4) is 0 Å². The number of benzene rings is 2. The summed E-state index contributed by atoms with van der Waals surface area (Å²) in [5.41, 5.74) is 2.65. The number of carbonyl (C=O) groups is 3. The van der Waals surface area contributed by atoms with Crippen molar-refractivity contribution in [1.29, 1.82) is 0 Å². The highest BCUT2D eigenvalue weighted by Crippen LogP contribution is 2.44. The van der Waals surface area contributed by atoms with Gasteiger partial charge < -0.3 is 9.80 Å². The first-order valence-electron chi connectivity index (χ1n) is 13.7. The number of hydrogen-bond donors (Lipinski definition) is 1. The van der Waals surface area contributed by atoms with Gasteiger partial charge in [0.25, 0.3) is 5.91 Å². The average molecular weight is 540 g/mol. The van der Waals surface area contributed by atoms with E-state index < -0.39 is 11.6 Å². The van der Waals surface area contributed by atoms with Gasteiger partial charge in [-0.15, -0.1) is 0 Å². The standard InChI is InChI=1S/C32H37N5O3/c1-21(2)34-27(23-10-8-7-9-11-23)28(38)35-20-31(3,4)25-13-12-24(18-26(25)35)37-29(39)32(5,6)36(30(37)40)19-22-14-16-33-17-15-22/h7-18,21,27,34H,19-20H2,1-6H3. The number of amides is 4. The zero-order valence-corrected chi connectivity index (χ0v) is 24.0. The summed E-state index contributed by atoms with van der Waals surface area (Å²) in [6.07, 6.45) is 3.35. The maximum absolute atomic E-state index is 14.2. The van der Waals surface area contributed by atoms with Gasteiger partial charge in [0, 0.05) is 42.6 Å². The van der Waals surface area contributed by atoms with Crippen molar-refractivity contribution in [3.05, 3.63) is 89.7 Å². The second-order valence-electron chi connectivity index (χ2n) is 12.1. The minimum atomic E-state index is -1.03. The van der Waals surface area contributed by atoms with E-state index in [1.165, 1.54) is 4.90 Å². The van der Waals surface area contributed by atoms with Gasteiger partial charge in [-0.3, -0.25) is 19.9 Å². The predicted octanol–water partition coefficient (Wildman–Crippen LogP) is 5.19. The number of rotatable bonds is 7. The predicted molar refractivity (Wildman–Crippen MR) is 156 cm³/mol. The third-order valence-electron chi connectivity index (χ3n) is 7.87. The Bertz CT molecular complexity index is 1440. The molecule has 1 fully saturated rings. The van der Waals surface area contributed by atoms with Gasteiger partial charge in [-0.25, -0.2) is 9.69 Å². The van der Waals surface area contributed by atoms with Crippen molar-refractivity contribution in [2.45, 2.75) is 71.1 Å². The molecule has 0 radical (unpaired) electrons. The van der Waals surface area contributed by atoms with E-state index in [-0.39, 0.29) is 29.3 Å². The zero-order chi connectivity index (χ0) is 28.8. The molecule has 5 rings (SSSR count). The van der Waals surface area contributed by atoms with Crippen LogP contribution in [0.5, 0.6) is 0 Å². The van der Waals surface area contributed by atoms with Crippen molar-refractivity contribution in [3.8, 4) is 0 Å². The molecule has 2 aromatic carbocycles. The summed E-state index contributed by atoms with van der Waals surface area (Å²) in [6, 6.07) is 18.1. The Morgan fingerprint density at radius 2 is 1.65 bits per heavy atom.